The smallest absolute Gasteiger partial charge is 0.316 e. The van der Waals surface area contributed by atoms with Crippen molar-refractivity contribution < 1.29 is 14.3 Å². The normalized spacial score (nSPS) is 15.4. The molecule has 1 atom stereocenters. The molecule has 1 amide bonds. The molecule has 3 aromatic rings. The van der Waals surface area contributed by atoms with Gasteiger partial charge < -0.3 is 24.3 Å². The van der Waals surface area contributed by atoms with E-state index in [1.54, 1.807) is 25.1 Å². The lowest BCUT2D eigenvalue weighted by atomic mass is 10.1. The van der Waals surface area contributed by atoms with Crippen LogP contribution in [0.2, 0.25) is 0 Å². The predicted octanol–water partition coefficient (Wildman–Crippen LogP) is 1.28. The van der Waals surface area contributed by atoms with E-state index < -0.39 is 11.1 Å². The Balaban J connectivity index is 1.50. The topological polar surface area (TPSA) is 102 Å². The molecule has 8 heteroatoms. The van der Waals surface area contributed by atoms with Crippen molar-refractivity contribution in [2.45, 2.75) is 19.6 Å². The zero-order valence-corrected chi connectivity index (χ0v) is 15.2. The molecule has 0 fully saturated rings. The van der Waals surface area contributed by atoms with Crippen molar-refractivity contribution in [3.8, 4) is 11.5 Å². The highest BCUT2D eigenvalue weighted by Gasteiger charge is 2.21. The summed E-state index contributed by atoms with van der Waals surface area (Å²) in [6.45, 7) is 2.76. The highest BCUT2D eigenvalue weighted by Crippen LogP contribution is 2.30. The van der Waals surface area contributed by atoms with Gasteiger partial charge in [-0.25, -0.2) is 0 Å². The van der Waals surface area contributed by atoms with Gasteiger partial charge in [0.05, 0.1) is 17.6 Å². The average molecular weight is 381 g/mol. The van der Waals surface area contributed by atoms with Gasteiger partial charge >= 0.3 is 11.1 Å². The number of para-hydroxylation sites is 2. The number of ether oxygens (including phenoxy) is 2. The molecule has 0 radical (unpaired) electrons. The summed E-state index contributed by atoms with van der Waals surface area (Å²) in [4.78, 5) is 38.8. The second kappa shape index (κ2) is 7.22. The number of fused-ring (bicyclic) bond motifs is 2. The van der Waals surface area contributed by atoms with Crippen LogP contribution < -0.4 is 25.9 Å². The van der Waals surface area contributed by atoms with Crippen molar-refractivity contribution in [3.05, 3.63) is 68.7 Å². The van der Waals surface area contributed by atoms with Crippen LogP contribution in [0, 0.1) is 0 Å². The van der Waals surface area contributed by atoms with Gasteiger partial charge in [0.2, 0.25) is 0 Å². The third-order valence-electron chi connectivity index (χ3n) is 4.61. The van der Waals surface area contributed by atoms with Crippen LogP contribution in [-0.4, -0.2) is 34.7 Å². The molecular weight excluding hydrogens is 362 g/mol. The molecule has 1 aliphatic heterocycles. The minimum atomic E-state index is -0.710. The summed E-state index contributed by atoms with van der Waals surface area (Å²) >= 11 is 0. The van der Waals surface area contributed by atoms with Gasteiger partial charge in [-0.1, -0.05) is 12.1 Å². The second-order valence-corrected chi connectivity index (χ2v) is 6.44. The first-order valence-corrected chi connectivity index (χ1v) is 9.00. The largest absolute Gasteiger partial charge is 0.486 e. The molecule has 1 aliphatic rings. The van der Waals surface area contributed by atoms with Crippen LogP contribution in [0.5, 0.6) is 11.5 Å². The first-order valence-electron chi connectivity index (χ1n) is 9.00. The van der Waals surface area contributed by atoms with E-state index in [9.17, 15) is 14.4 Å². The van der Waals surface area contributed by atoms with E-state index in [0.29, 0.717) is 41.2 Å². The van der Waals surface area contributed by atoms with E-state index >= 15 is 0 Å². The van der Waals surface area contributed by atoms with Gasteiger partial charge in [0, 0.05) is 12.1 Å². The van der Waals surface area contributed by atoms with Crippen molar-refractivity contribution in [1.82, 2.24) is 14.9 Å². The van der Waals surface area contributed by atoms with Gasteiger partial charge in [0.25, 0.3) is 5.91 Å². The highest BCUT2D eigenvalue weighted by molar-refractivity contribution is 5.97. The van der Waals surface area contributed by atoms with Crippen molar-refractivity contribution in [3.63, 3.8) is 0 Å². The number of carbonyl (C=O) groups excluding carboxylic acids is 1. The Hall–Kier alpha value is -3.55. The molecule has 144 valence electrons. The lowest BCUT2D eigenvalue weighted by Crippen LogP contribution is -2.40. The summed E-state index contributed by atoms with van der Waals surface area (Å²) in [6, 6.07) is 12.2. The van der Waals surface area contributed by atoms with E-state index in [2.05, 4.69) is 10.3 Å². The van der Waals surface area contributed by atoms with Gasteiger partial charge in [0.15, 0.2) is 11.5 Å². The van der Waals surface area contributed by atoms with Crippen LogP contribution in [0.4, 0.5) is 0 Å². The predicted molar refractivity (Wildman–Crippen MR) is 103 cm³/mol. The van der Waals surface area contributed by atoms with Gasteiger partial charge in [-0.2, -0.15) is 0 Å². The first-order chi connectivity index (χ1) is 13.6. The number of carbonyl (C=O) groups is 1. The number of hydrogen-bond acceptors (Lipinski definition) is 5. The summed E-state index contributed by atoms with van der Waals surface area (Å²) < 4.78 is 12.8. The fourth-order valence-electron chi connectivity index (χ4n) is 3.21. The Morgan fingerprint density at radius 1 is 1.21 bits per heavy atom. The van der Waals surface area contributed by atoms with Gasteiger partial charge in [-0.3, -0.25) is 14.4 Å². The number of amides is 1. The third kappa shape index (κ3) is 3.24. The lowest BCUT2D eigenvalue weighted by molar-refractivity contribution is 0.0789. The molecule has 4 rings (SSSR count). The van der Waals surface area contributed by atoms with Crippen LogP contribution in [0.25, 0.3) is 11.0 Å². The number of nitrogens with zero attached hydrogens (tertiary/aromatic N) is 1. The summed E-state index contributed by atoms with van der Waals surface area (Å²) in [6.07, 6.45) is -0.301. The van der Waals surface area contributed by atoms with Crippen molar-refractivity contribution >= 4 is 16.9 Å². The Labute approximate surface area is 159 Å². The quantitative estimate of drug-likeness (QED) is 0.663. The Bertz CT molecular complexity index is 1160. The second-order valence-electron chi connectivity index (χ2n) is 6.44. The fourth-order valence-corrected chi connectivity index (χ4v) is 3.21. The number of aromatic nitrogens is 2. The molecule has 0 spiro atoms. The highest BCUT2D eigenvalue weighted by atomic mass is 16.6. The molecule has 0 saturated heterocycles. The zero-order valence-electron chi connectivity index (χ0n) is 15.2. The number of rotatable bonds is 4. The first kappa shape index (κ1) is 17.8. The third-order valence-corrected chi connectivity index (χ3v) is 4.61. The van der Waals surface area contributed by atoms with Crippen LogP contribution in [0.1, 0.15) is 17.3 Å². The number of nitrogens with one attached hydrogen (secondary N) is 2. The Kier molecular flexibility index (Phi) is 4.60. The lowest BCUT2D eigenvalue weighted by Gasteiger charge is -2.26. The van der Waals surface area contributed by atoms with Crippen molar-refractivity contribution in [2.24, 2.45) is 0 Å². The molecule has 2 N–H and O–H groups in total. The van der Waals surface area contributed by atoms with Gasteiger partial charge in [-0.05, 0) is 37.3 Å². The Morgan fingerprint density at radius 2 is 2.00 bits per heavy atom. The molecule has 1 aromatic heterocycles. The average Bonchev–Trinajstić information content (AvgIpc) is 2.72. The minimum absolute atomic E-state index is 0.274. The molecule has 28 heavy (non-hydrogen) atoms. The molecule has 8 nitrogen and oxygen atoms in total. The Morgan fingerprint density at radius 3 is 2.79 bits per heavy atom. The van der Waals surface area contributed by atoms with E-state index in [1.165, 1.54) is 4.57 Å². The summed E-state index contributed by atoms with van der Waals surface area (Å²) in [7, 11) is 0. The van der Waals surface area contributed by atoms with E-state index in [0.717, 1.165) is 0 Å². The summed E-state index contributed by atoms with van der Waals surface area (Å²) in [5.41, 5.74) is 0.0661. The van der Waals surface area contributed by atoms with Crippen molar-refractivity contribution in [1.29, 1.82) is 0 Å². The van der Waals surface area contributed by atoms with E-state index in [1.807, 2.05) is 24.3 Å². The van der Waals surface area contributed by atoms with E-state index in [4.69, 9.17) is 9.47 Å². The van der Waals surface area contributed by atoms with Gasteiger partial charge in [0.1, 0.15) is 12.7 Å². The molecule has 0 bridgehead atoms. The summed E-state index contributed by atoms with van der Waals surface area (Å²) in [5, 5.41) is 2.81. The van der Waals surface area contributed by atoms with Crippen LogP contribution in [0.3, 0.4) is 0 Å². The van der Waals surface area contributed by atoms with Crippen LogP contribution >= 0.6 is 0 Å². The maximum atomic E-state index is 12.5. The standard InChI is InChI=1S/C20H19N3O5/c1-2-23-15-8-7-12(9-14(15)22-19(25)20(23)26)18(24)21-10-13-11-27-16-5-3-4-6-17(16)28-13/h3-9,13H,2,10-11H2,1H3,(H,21,24)(H,22,25)/t13-/m0/s1. The monoisotopic (exact) mass is 381 g/mol. The van der Waals surface area contributed by atoms with E-state index in [-0.39, 0.29) is 18.6 Å². The fraction of sp³-hybridized carbons (Fsp3) is 0.250. The summed E-state index contributed by atoms with van der Waals surface area (Å²) in [5.74, 6) is 1.03. The van der Waals surface area contributed by atoms with Crippen LogP contribution in [-0.2, 0) is 6.54 Å². The number of hydrogen-bond donors (Lipinski definition) is 2. The SMILES string of the molecule is CCn1c(=O)c(=O)[nH]c2cc(C(=O)NC[C@H]3COc4ccccc4O3)ccc21. The number of H-pyrrole nitrogens is 1. The molecule has 2 heterocycles. The molecule has 0 saturated carbocycles. The number of benzene rings is 2. The molecular formula is C20H19N3O5. The molecule has 2 aromatic carbocycles. The van der Waals surface area contributed by atoms with Crippen LogP contribution in [0.15, 0.2) is 52.1 Å². The maximum Gasteiger partial charge on any atom is 0.316 e. The number of aromatic amines is 1. The van der Waals surface area contributed by atoms with Crippen molar-refractivity contribution in [2.75, 3.05) is 13.2 Å². The molecule has 0 unspecified atom stereocenters. The zero-order chi connectivity index (χ0) is 19.7. The maximum absolute atomic E-state index is 12.5. The minimum Gasteiger partial charge on any atom is -0.486 e. The van der Waals surface area contributed by atoms with Gasteiger partial charge in [-0.15, -0.1) is 0 Å². The molecule has 0 aliphatic carbocycles. The number of aryl methyl sites for hydroxylation is 1.